The van der Waals surface area contributed by atoms with Crippen LogP contribution in [0.3, 0.4) is 0 Å². The van der Waals surface area contributed by atoms with Gasteiger partial charge in [-0.25, -0.2) is 4.98 Å². The Morgan fingerprint density at radius 2 is 1.78 bits per heavy atom. The number of para-hydroxylation sites is 1. The number of nitrogens with zero attached hydrogens (tertiary/aromatic N) is 1. The van der Waals surface area contributed by atoms with Crippen LogP contribution in [0.5, 0.6) is 11.5 Å². The van der Waals surface area contributed by atoms with Gasteiger partial charge in [-0.2, -0.15) is 0 Å². The number of carbonyl (C=O) groups is 1. The maximum Gasteiger partial charge on any atom is 0.229 e. The lowest BCUT2D eigenvalue weighted by atomic mass is 10.2. The average Bonchev–Trinajstić information content (AvgIpc) is 2.95. The quantitative estimate of drug-likeness (QED) is 0.755. The first-order chi connectivity index (χ1) is 11.2. The summed E-state index contributed by atoms with van der Waals surface area (Å²) < 4.78 is 5.72. The Morgan fingerprint density at radius 3 is 2.43 bits per heavy atom. The zero-order chi connectivity index (χ0) is 16.1. The number of hydrogen-bond donors (Lipinski definition) is 1. The Balaban J connectivity index is 1.59. The summed E-state index contributed by atoms with van der Waals surface area (Å²) >= 11 is 1.50. The van der Waals surface area contributed by atoms with Crippen molar-refractivity contribution < 1.29 is 9.53 Å². The van der Waals surface area contributed by atoms with Gasteiger partial charge in [-0.15, -0.1) is 11.3 Å². The first kappa shape index (κ1) is 15.2. The number of carbonyl (C=O) groups excluding carboxylic acids is 1. The molecule has 0 bridgehead atoms. The molecular formula is C18H16N2O2S. The highest BCUT2D eigenvalue weighted by Crippen LogP contribution is 2.23. The van der Waals surface area contributed by atoms with Gasteiger partial charge in [0, 0.05) is 10.6 Å². The van der Waals surface area contributed by atoms with Crippen molar-refractivity contribution in [3.63, 3.8) is 0 Å². The summed E-state index contributed by atoms with van der Waals surface area (Å²) in [5.41, 5.74) is 3.42. The van der Waals surface area contributed by atoms with Crippen LogP contribution in [0, 0.1) is 6.92 Å². The van der Waals surface area contributed by atoms with Crippen molar-refractivity contribution in [2.75, 3.05) is 5.32 Å². The van der Waals surface area contributed by atoms with Crippen LogP contribution < -0.4 is 10.1 Å². The molecule has 0 aliphatic carbocycles. The van der Waals surface area contributed by atoms with Gasteiger partial charge in [-0.05, 0) is 43.3 Å². The number of nitrogens with one attached hydrogen (secondary N) is 1. The fourth-order valence-corrected chi connectivity index (χ4v) is 2.85. The van der Waals surface area contributed by atoms with E-state index in [0.29, 0.717) is 6.42 Å². The second-order valence-corrected chi connectivity index (χ2v) is 5.96. The molecule has 0 aliphatic rings. The second-order valence-electron chi connectivity index (χ2n) is 5.03. The van der Waals surface area contributed by atoms with E-state index in [4.69, 9.17) is 4.74 Å². The summed E-state index contributed by atoms with van der Waals surface area (Å²) in [5, 5.41) is 2.88. The smallest absolute Gasteiger partial charge is 0.229 e. The maximum absolute atomic E-state index is 12.0. The van der Waals surface area contributed by atoms with Crippen LogP contribution in [0.15, 0.2) is 60.1 Å². The van der Waals surface area contributed by atoms with Gasteiger partial charge in [0.1, 0.15) is 11.5 Å². The number of anilines is 1. The number of aromatic nitrogens is 1. The Bertz CT molecular complexity index is 782. The molecule has 0 saturated carbocycles. The SMILES string of the molecule is Cc1ncsc1CC(=O)Nc1ccc(Oc2ccccc2)cc1. The van der Waals surface area contributed by atoms with Crippen LogP contribution in [0.2, 0.25) is 0 Å². The Kier molecular flexibility index (Phi) is 4.68. The van der Waals surface area contributed by atoms with Crippen LogP contribution in [0.25, 0.3) is 0 Å². The highest BCUT2D eigenvalue weighted by atomic mass is 32.1. The molecule has 0 unspecified atom stereocenters. The predicted octanol–water partition coefficient (Wildman–Crippen LogP) is 4.43. The summed E-state index contributed by atoms with van der Waals surface area (Å²) in [7, 11) is 0. The molecule has 4 nitrogen and oxygen atoms in total. The summed E-state index contributed by atoms with van der Waals surface area (Å²) in [5.74, 6) is 1.46. The van der Waals surface area contributed by atoms with E-state index in [-0.39, 0.29) is 5.91 Å². The number of aryl methyl sites for hydroxylation is 1. The van der Waals surface area contributed by atoms with Crippen LogP contribution >= 0.6 is 11.3 Å². The molecule has 1 heterocycles. The van der Waals surface area contributed by atoms with Crippen LogP contribution in [-0.4, -0.2) is 10.9 Å². The normalized spacial score (nSPS) is 10.3. The monoisotopic (exact) mass is 324 g/mol. The molecule has 3 rings (SSSR count). The Morgan fingerprint density at radius 1 is 1.09 bits per heavy atom. The predicted molar refractivity (Wildman–Crippen MR) is 92.1 cm³/mol. The van der Waals surface area contributed by atoms with Crippen LogP contribution in [0.1, 0.15) is 10.6 Å². The molecule has 0 aliphatic heterocycles. The topological polar surface area (TPSA) is 51.2 Å². The highest BCUT2D eigenvalue weighted by Gasteiger charge is 2.08. The molecule has 2 aromatic carbocycles. The van der Waals surface area contributed by atoms with E-state index in [1.54, 1.807) is 5.51 Å². The van der Waals surface area contributed by atoms with E-state index in [2.05, 4.69) is 10.3 Å². The van der Waals surface area contributed by atoms with Gasteiger partial charge >= 0.3 is 0 Å². The van der Waals surface area contributed by atoms with E-state index in [1.165, 1.54) is 11.3 Å². The third-order valence-electron chi connectivity index (χ3n) is 3.28. The Labute approximate surface area is 138 Å². The lowest BCUT2D eigenvalue weighted by Crippen LogP contribution is -2.14. The first-order valence-corrected chi connectivity index (χ1v) is 8.10. The van der Waals surface area contributed by atoms with Crippen molar-refractivity contribution in [2.24, 2.45) is 0 Å². The zero-order valence-corrected chi connectivity index (χ0v) is 13.5. The number of benzene rings is 2. The third kappa shape index (κ3) is 4.17. The minimum Gasteiger partial charge on any atom is -0.457 e. The number of amides is 1. The summed E-state index contributed by atoms with van der Waals surface area (Å²) in [6.45, 7) is 1.91. The van der Waals surface area contributed by atoms with E-state index in [0.717, 1.165) is 27.8 Å². The van der Waals surface area contributed by atoms with Gasteiger partial charge in [0.05, 0.1) is 17.6 Å². The van der Waals surface area contributed by atoms with Gasteiger partial charge < -0.3 is 10.1 Å². The Hall–Kier alpha value is -2.66. The molecule has 0 fully saturated rings. The number of ether oxygens (including phenoxy) is 1. The van der Waals surface area contributed by atoms with Crippen molar-refractivity contribution in [1.82, 2.24) is 4.98 Å². The fraction of sp³-hybridized carbons (Fsp3) is 0.111. The third-order valence-corrected chi connectivity index (χ3v) is 4.22. The van der Waals surface area contributed by atoms with Gasteiger partial charge in [0.15, 0.2) is 0 Å². The lowest BCUT2D eigenvalue weighted by Gasteiger charge is -2.08. The molecular weight excluding hydrogens is 308 g/mol. The lowest BCUT2D eigenvalue weighted by molar-refractivity contribution is -0.115. The average molecular weight is 324 g/mol. The summed E-state index contributed by atoms with van der Waals surface area (Å²) in [6.07, 6.45) is 0.346. The summed E-state index contributed by atoms with van der Waals surface area (Å²) in [4.78, 5) is 17.2. The van der Waals surface area contributed by atoms with E-state index < -0.39 is 0 Å². The van der Waals surface area contributed by atoms with Crippen LogP contribution in [0.4, 0.5) is 5.69 Å². The fourth-order valence-electron chi connectivity index (χ4n) is 2.08. The van der Waals surface area contributed by atoms with Crippen molar-refractivity contribution in [1.29, 1.82) is 0 Å². The maximum atomic E-state index is 12.0. The van der Waals surface area contributed by atoms with Crippen molar-refractivity contribution >= 4 is 22.9 Å². The molecule has 3 aromatic rings. The second kappa shape index (κ2) is 7.07. The molecule has 0 saturated heterocycles. The number of hydrogen-bond acceptors (Lipinski definition) is 4. The minimum absolute atomic E-state index is 0.0472. The molecule has 1 aromatic heterocycles. The molecule has 116 valence electrons. The molecule has 5 heteroatoms. The van der Waals surface area contributed by atoms with E-state index in [1.807, 2.05) is 61.5 Å². The van der Waals surface area contributed by atoms with E-state index >= 15 is 0 Å². The molecule has 0 spiro atoms. The zero-order valence-electron chi connectivity index (χ0n) is 12.7. The van der Waals surface area contributed by atoms with Crippen molar-refractivity contribution in [3.05, 3.63) is 70.7 Å². The van der Waals surface area contributed by atoms with Gasteiger partial charge in [-0.3, -0.25) is 4.79 Å². The molecule has 0 atom stereocenters. The largest absolute Gasteiger partial charge is 0.457 e. The molecule has 23 heavy (non-hydrogen) atoms. The van der Waals surface area contributed by atoms with Gasteiger partial charge in [-0.1, -0.05) is 18.2 Å². The van der Waals surface area contributed by atoms with Gasteiger partial charge in [0.2, 0.25) is 5.91 Å². The number of rotatable bonds is 5. The first-order valence-electron chi connectivity index (χ1n) is 7.22. The van der Waals surface area contributed by atoms with Crippen LogP contribution in [-0.2, 0) is 11.2 Å². The van der Waals surface area contributed by atoms with Crippen molar-refractivity contribution in [3.8, 4) is 11.5 Å². The molecule has 0 radical (unpaired) electrons. The molecule has 1 N–H and O–H groups in total. The molecule has 1 amide bonds. The standard InChI is InChI=1S/C18H16N2O2S/c1-13-17(23-12-19-13)11-18(21)20-14-7-9-16(10-8-14)22-15-5-3-2-4-6-15/h2-10,12H,11H2,1H3,(H,20,21). The summed E-state index contributed by atoms with van der Waals surface area (Å²) in [6, 6.07) is 16.9. The highest BCUT2D eigenvalue weighted by molar-refractivity contribution is 7.09. The van der Waals surface area contributed by atoms with E-state index in [9.17, 15) is 4.79 Å². The van der Waals surface area contributed by atoms with Crippen molar-refractivity contribution in [2.45, 2.75) is 13.3 Å². The van der Waals surface area contributed by atoms with Gasteiger partial charge in [0.25, 0.3) is 0 Å². The minimum atomic E-state index is -0.0472. The number of thiazole rings is 1.